The minimum atomic E-state index is -0.312. The number of nitrogens with zero attached hydrogens (tertiary/aromatic N) is 2. The standard InChI is InChI=1S/C19H27N3O2S.ClH/c1-3-14-5-7-15(8-6-14)16-11-20-9-10-21(16)19(24)17-12-25-13-22(17)18(23)4-2;/h5-8,16-17,20H,3-4,9-13H2,1-2H3;1H. The van der Waals surface area contributed by atoms with Crippen LogP contribution in [0.5, 0.6) is 0 Å². The lowest BCUT2D eigenvalue weighted by Gasteiger charge is -2.39. The van der Waals surface area contributed by atoms with E-state index >= 15 is 0 Å². The quantitative estimate of drug-likeness (QED) is 0.847. The number of hydrogen-bond acceptors (Lipinski definition) is 4. The van der Waals surface area contributed by atoms with E-state index in [1.807, 2.05) is 11.8 Å². The van der Waals surface area contributed by atoms with Crippen molar-refractivity contribution in [3.8, 4) is 0 Å². The van der Waals surface area contributed by atoms with E-state index in [1.165, 1.54) is 5.56 Å². The summed E-state index contributed by atoms with van der Waals surface area (Å²) in [7, 11) is 0. The molecule has 2 heterocycles. The molecule has 2 aliphatic heterocycles. The van der Waals surface area contributed by atoms with E-state index in [2.05, 4.69) is 36.5 Å². The lowest BCUT2D eigenvalue weighted by molar-refractivity contribution is -0.145. The van der Waals surface area contributed by atoms with Gasteiger partial charge in [0, 0.05) is 31.8 Å². The fourth-order valence-corrected chi connectivity index (χ4v) is 4.70. The van der Waals surface area contributed by atoms with E-state index in [-0.39, 0.29) is 36.3 Å². The summed E-state index contributed by atoms with van der Waals surface area (Å²) in [5.74, 6) is 1.50. The summed E-state index contributed by atoms with van der Waals surface area (Å²) in [6.07, 6.45) is 1.47. The van der Waals surface area contributed by atoms with Gasteiger partial charge in [-0.2, -0.15) is 0 Å². The molecular formula is C19H28ClN3O2S. The molecule has 0 radical (unpaired) electrons. The van der Waals surface area contributed by atoms with Crippen LogP contribution < -0.4 is 5.32 Å². The number of aryl methyl sites for hydroxylation is 1. The molecule has 1 N–H and O–H groups in total. The highest BCUT2D eigenvalue weighted by molar-refractivity contribution is 7.99. The van der Waals surface area contributed by atoms with E-state index in [4.69, 9.17) is 0 Å². The third kappa shape index (κ3) is 4.35. The van der Waals surface area contributed by atoms with Crippen LogP contribution in [-0.4, -0.2) is 58.9 Å². The average Bonchev–Trinajstić information content (AvgIpc) is 3.16. The second-order valence-corrected chi connectivity index (χ2v) is 7.58. The summed E-state index contributed by atoms with van der Waals surface area (Å²) < 4.78 is 0. The Hall–Kier alpha value is -1.24. The highest BCUT2D eigenvalue weighted by Crippen LogP contribution is 2.28. The van der Waals surface area contributed by atoms with Crippen molar-refractivity contribution in [3.63, 3.8) is 0 Å². The fraction of sp³-hybridized carbons (Fsp3) is 0.579. The van der Waals surface area contributed by atoms with Crippen molar-refractivity contribution in [3.05, 3.63) is 35.4 Å². The molecular weight excluding hydrogens is 370 g/mol. The molecule has 2 aliphatic rings. The summed E-state index contributed by atoms with van der Waals surface area (Å²) in [4.78, 5) is 29.1. The maximum atomic E-state index is 13.2. The van der Waals surface area contributed by atoms with Crippen molar-refractivity contribution in [2.24, 2.45) is 0 Å². The summed E-state index contributed by atoms with van der Waals surface area (Å²) in [5.41, 5.74) is 2.47. The Morgan fingerprint density at radius 2 is 1.92 bits per heavy atom. The topological polar surface area (TPSA) is 52.7 Å². The van der Waals surface area contributed by atoms with E-state index < -0.39 is 0 Å². The number of piperazine rings is 1. The largest absolute Gasteiger partial charge is 0.331 e. The summed E-state index contributed by atoms with van der Waals surface area (Å²) in [6, 6.07) is 8.28. The minimum absolute atomic E-state index is 0. The first-order chi connectivity index (χ1) is 12.2. The predicted octanol–water partition coefficient (Wildman–Crippen LogP) is 2.46. The van der Waals surface area contributed by atoms with Gasteiger partial charge in [0.25, 0.3) is 0 Å². The molecule has 2 fully saturated rings. The number of halogens is 1. The number of rotatable bonds is 4. The van der Waals surface area contributed by atoms with Crippen LogP contribution >= 0.6 is 24.2 Å². The molecule has 2 atom stereocenters. The number of carbonyl (C=O) groups excluding carboxylic acids is 2. The Morgan fingerprint density at radius 1 is 1.19 bits per heavy atom. The van der Waals surface area contributed by atoms with Crippen LogP contribution in [0, 0.1) is 0 Å². The summed E-state index contributed by atoms with van der Waals surface area (Å²) >= 11 is 1.67. The molecule has 2 unspecified atom stereocenters. The SMILES string of the molecule is CCC(=O)N1CSCC1C(=O)N1CCNCC1c1ccc(CC)cc1.Cl. The van der Waals surface area contributed by atoms with Crippen molar-refractivity contribution >= 4 is 36.0 Å². The number of carbonyl (C=O) groups is 2. The third-order valence-corrected chi connectivity index (χ3v) is 6.10. The van der Waals surface area contributed by atoms with Gasteiger partial charge in [-0.1, -0.05) is 38.1 Å². The van der Waals surface area contributed by atoms with Crippen LogP contribution in [-0.2, 0) is 16.0 Å². The van der Waals surface area contributed by atoms with Crippen LogP contribution in [0.4, 0.5) is 0 Å². The number of hydrogen-bond donors (Lipinski definition) is 1. The second kappa shape index (κ2) is 9.62. The smallest absolute Gasteiger partial charge is 0.246 e. The van der Waals surface area contributed by atoms with Crippen molar-refractivity contribution in [1.82, 2.24) is 15.1 Å². The van der Waals surface area contributed by atoms with Gasteiger partial charge in [-0.05, 0) is 17.5 Å². The molecule has 2 saturated heterocycles. The van der Waals surface area contributed by atoms with Gasteiger partial charge in [0.1, 0.15) is 6.04 Å². The molecule has 1 aromatic rings. The molecule has 0 aromatic heterocycles. The number of nitrogens with one attached hydrogen (secondary N) is 1. The summed E-state index contributed by atoms with van der Waals surface area (Å²) in [5, 5.41) is 3.40. The van der Waals surface area contributed by atoms with E-state index in [0.717, 1.165) is 25.1 Å². The molecule has 1 aromatic carbocycles. The Balaban J connectivity index is 0.00000243. The van der Waals surface area contributed by atoms with Crippen molar-refractivity contribution in [1.29, 1.82) is 0 Å². The molecule has 0 saturated carbocycles. The first kappa shape index (κ1) is 21.1. The maximum Gasteiger partial charge on any atom is 0.246 e. The Labute approximate surface area is 166 Å². The van der Waals surface area contributed by atoms with Gasteiger partial charge in [0.2, 0.25) is 11.8 Å². The zero-order valence-corrected chi connectivity index (χ0v) is 17.1. The van der Waals surface area contributed by atoms with Gasteiger partial charge in [-0.3, -0.25) is 9.59 Å². The molecule has 144 valence electrons. The van der Waals surface area contributed by atoms with Gasteiger partial charge < -0.3 is 15.1 Å². The molecule has 26 heavy (non-hydrogen) atoms. The molecule has 2 amide bonds. The van der Waals surface area contributed by atoms with Gasteiger partial charge in [-0.15, -0.1) is 24.2 Å². The van der Waals surface area contributed by atoms with Crippen LogP contribution in [0.25, 0.3) is 0 Å². The fourth-order valence-electron chi connectivity index (χ4n) is 3.53. The molecule has 0 spiro atoms. The molecule has 3 rings (SSSR count). The van der Waals surface area contributed by atoms with Crippen LogP contribution in [0.1, 0.15) is 37.4 Å². The normalized spacial score (nSPS) is 22.8. The highest BCUT2D eigenvalue weighted by atomic mass is 35.5. The van der Waals surface area contributed by atoms with E-state index in [9.17, 15) is 9.59 Å². The molecule has 5 nitrogen and oxygen atoms in total. The molecule has 7 heteroatoms. The van der Waals surface area contributed by atoms with Gasteiger partial charge in [0.05, 0.1) is 11.9 Å². The van der Waals surface area contributed by atoms with Crippen LogP contribution in [0.3, 0.4) is 0 Å². The first-order valence-electron chi connectivity index (χ1n) is 9.13. The summed E-state index contributed by atoms with van der Waals surface area (Å²) in [6.45, 7) is 6.25. The number of thioether (sulfide) groups is 1. The Morgan fingerprint density at radius 3 is 2.58 bits per heavy atom. The van der Waals surface area contributed by atoms with E-state index in [1.54, 1.807) is 16.7 Å². The van der Waals surface area contributed by atoms with Gasteiger partial charge in [-0.25, -0.2) is 0 Å². The Kier molecular flexibility index (Phi) is 7.80. The average molecular weight is 398 g/mol. The minimum Gasteiger partial charge on any atom is -0.331 e. The van der Waals surface area contributed by atoms with E-state index in [0.29, 0.717) is 24.6 Å². The number of amides is 2. The monoisotopic (exact) mass is 397 g/mol. The second-order valence-electron chi connectivity index (χ2n) is 6.58. The van der Waals surface area contributed by atoms with Gasteiger partial charge >= 0.3 is 0 Å². The van der Waals surface area contributed by atoms with Crippen molar-refractivity contribution in [2.45, 2.75) is 38.8 Å². The highest BCUT2D eigenvalue weighted by Gasteiger charge is 2.39. The molecule has 0 aliphatic carbocycles. The lowest BCUT2D eigenvalue weighted by atomic mass is 10.00. The van der Waals surface area contributed by atoms with Crippen molar-refractivity contribution in [2.75, 3.05) is 31.3 Å². The van der Waals surface area contributed by atoms with Gasteiger partial charge in [0.15, 0.2) is 0 Å². The van der Waals surface area contributed by atoms with Crippen molar-refractivity contribution < 1.29 is 9.59 Å². The lowest BCUT2D eigenvalue weighted by Crippen LogP contribution is -2.55. The predicted molar refractivity (Wildman–Crippen MR) is 109 cm³/mol. The Bertz CT molecular complexity index is 626. The zero-order valence-electron chi connectivity index (χ0n) is 15.4. The maximum absolute atomic E-state index is 13.2. The third-order valence-electron chi connectivity index (χ3n) is 5.09. The molecule has 0 bridgehead atoms. The first-order valence-corrected chi connectivity index (χ1v) is 10.3. The van der Waals surface area contributed by atoms with Crippen LogP contribution in [0.2, 0.25) is 0 Å². The zero-order chi connectivity index (χ0) is 17.8. The van der Waals surface area contributed by atoms with Crippen LogP contribution in [0.15, 0.2) is 24.3 Å². The number of benzene rings is 1.